The Hall–Kier alpha value is -3.43. The molecule has 31 heavy (non-hydrogen) atoms. The number of aromatic nitrogens is 3. The lowest BCUT2D eigenvalue weighted by atomic mass is 10.3. The highest BCUT2D eigenvalue weighted by molar-refractivity contribution is 7.23. The number of benzene rings is 2. The first-order valence-corrected chi connectivity index (χ1v) is 11.3. The zero-order chi connectivity index (χ0) is 20.9. The lowest BCUT2D eigenvalue weighted by Gasteiger charge is -2.17. The molecule has 0 aliphatic carbocycles. The van der Waals surface area contributed by atoms with Crippen LogP contribution in [0.3, 0.4) is 0 Å². The average Bonchev–Trinajstić information content (AvgIpc) is 3.47. The molecule has 7 nitrogen and oxygen atoms in total. The second-order valence-corrected chi connectivity index (χ2v) is 9.16. The van der Waals surface area contributed by atoms with E-state index in [-0.39, 0.29) is 5.91 Å². The van der Waals surface area contributed by atoms with Gasteiger partial charge in [0.1, 0.15) is 18.0 Å². The number of thiophene rings is 1. The number of aryl methyl sites for hydroxylation is 1. The van der Waals surface area contributed by atoms with E-state index in [0.717, 1.165) is 31.8 Å². The Kier molecular flexibility index (Phi) is 4.18. The number of ether oxygens (including phenoxy) is 2. The van der Waals surface area contributed by atoms with E-state index in [1.165, 1.54) is 22.7 Å². The Balaban J connectivity index is 1.32. The molecule has 0 atom stereocenters. The van der Waals surface area contributed by atoms with Crippen LogP contribution in [0.15, 0.2) is 48.5 Å². The number of nitrogens with one attached hydrogen (secondary N) is 1. The zero-order valence-corrected chi connectivity index (χ0v) is 18.0. The molecule has 0 radical (unpaired) electrons. The molecule has 4 heterocycles. The third kappa shape index (κ3) is 3.13. The van der Waals surface area contributed by atoms with Gasteiger partial charge in [0.2, 0.25) is 0 Å². The second-order valence-electron chi connectivity index (χ2n) is 7.10. The average molecular weight is 449 g/mol. The molecule has 1 aliphatic rings. The summed E-state index contributed by atoms with van der Waals surface area (Å²) >= 11 is 2.83. The third-order valence-corrected chi connectivity index (χ3v) is 7.09. The molecule has 0 fully saturated rings. The van der Waals surface area contributed by atoms with Crippen molar-refractivity contribution in [2.75, 3.05) is 18.5 Å². The minimum atomic E-state index is -0.184. The molecule has 0 spiro atoms. The van der Waals surface area contributed by atoms with Gasteiger partial charge in [-0.3, -0.25) is 10.1 Å². The van der Waals surface area contributed by atoms with Gasteiger partial charge in [0.15, 0.2) is 16.6 Å². The zero-order valence-electron chi connectivity index (χ0n) is 16.4. The molecular formula is C22H16N4O3S2. The van der Waals surface area contributed by atoms with Crippen molar-refractivity contribution in [3.05, 3.63) is 59.1 Å². The first-order valence-electron chi connectivity index (χ1n) is 9.72. The molecule has 1 N–H and O–H groups in total. The Morgan fingerprint density at radius 1 is 1.06 bits per heavy atom. The van der Waals surface area contributed by atoms with E-state index < -0.39 is 0 Å². The van der Waals surface area contributed by atoms with Crippen molar-refractivity contribution in [1.29, 1.82) is 0 Å². The van der Waals surface area contributed by atoms with Crippen molar-refractivity contribution >= 4 is 54.1 Å². The molecule has 154 valence electrons. The highest BCUT2D eigenvalue weighted by atomic mass is 32.1. The monoisotopic (exact) mass is 448 g/mol. The maximum absolute atomic E-state index is 13.0. The molecule has 5 aromatic rings. The number of amides is 1. The molecule has 0 bridgehead atoms. The van der Waals surface area contributed by atoms with Crippen LogP contribution < -0.4 is 14.8 Å². The van der Waals surface area contributed by atoms with Crippen molar-refractivity contribution in [1.82, 2.24) is 14.8 Å². The van der Waals surface area contributed by atoms with Crippen molar-refractivity contribution in [3.8, 4) is 17.2 Å². The fourth-order valence-corrected chi connectivity index (χ4v) is 5.53. The Morgan fingerprint density at radius 2 is 1.84 bits per heavy atom. The van der Waals surface area contributed by atoms with Gasteiger partial charge in [0.25, 0.3) is 5.91 Å². The summed E-state index contributed by atoms with van der Waals surface area (Å²) in [7, 11) is 0. The van der Waals surface area contributed by atoms with E-state index in [4.69, 9.17) is 9.47 Å². The van der Waals surface area contributed by atoms with Gasteiger partial charge in [-0.1, -0.05) is 29.5 Å². The minimum absolute atomic E-state index is 0.184. The highest BCUT2D eigenvalue weighted by Gasteiger charge is 2.19. The summed E-state index contributed by atoms with van der Waals surface area (Å²) in [5.74, 6) is 1.22. The van der Waals surface area contributed by atoms with Crippen molar-refractivity contribution < 1.29 is 14.3 Å². The molecule has 6 rings (SSSR count). The van der Waals surface area contributed by atoms with Crippen LogP contribution in [0, 0.1) is 6.92 Å². The number of hydrogen-bond donors (Lipinski definition) is 1. The molecule has 9 heteroatoms. The van der Waals surface area contributed by atoms with Crippen LogP contribution in [-0.4, -0.2) is 33.9 Å². The molecule has 1 amide bonds. The van der Waals surface area contributed by atoms with Gasteiger partial charge >= 0.3 is 0 Å². The number of nitrogens with zero attached hydrogens (tertiary/aromatic N) is 3. The SMILES string of the molecule is Cc1nn(-c2ccccc2)c2sc(C(=O)Nc3nc4cc5c(cc4s3)OCCO5)cc12. The quantitative estimate of drug-likeness (QED) is 0.419. The van der Waals surface area contributed by atoms with E-state index in [0.29, 0.717) is 34.7 Å². The van der Waals surface area contributed by atoms with Crippen LogP contribution in [0.2, 0.25) is 0 Å². The van der Waals surface area contributed by atoms with E-state index in [2.05, 4.69) is 15.4 Å². The fourth-order valence-electron chi connectivity index (χ4n) is 3.58. The van der Waals surface area contributed by atoms with E-state index >= 15 is 0 Å². The Bertz CT molecular complexity index is 1410. The van der Waals surface area contributed by atoms with Gasteiger partial charge in [-0.05, 0) is 25.1 Å². The van der Waals surface area contributed by atoms with Gasteiger partial charge < -0.3 is 9.47 Å². The highest BCUT2D eigenvalue weighted by Crippen LogP contribution is 2.38. The van der Waals surface area contributed by atoms with E-state index in [9.17, 15) is 4.79 Å². The normalized spacial score (nSPS) is 13.1. The first-order chi connectivity index (χ1) is 15.2. The van der Waals surface area contributed by atoms with E-state index in [1.54, 1.807) is 0 Å². The molecule has 0 saturated heterocycles. The first kappa shape index (κ1) is 18.3. The van der Waals surface area contributed by atoms with Gasteiger partial charge in [-0.25, -0.2) is 9.67 Å². The van der Waals surface area contributed by atoms with Gasteiger partial charge in [0.05, 0.1) is 26.5 Å². The number of rotatable bonds is 3. The van der Waals surface area contributed by atoms with Gasteiger partial charge in [-0.2, -0.15) is 5.10 Å². The molecule has 2 aromatic carbocycles. The number of hydrogen-bond acceptors (Lipinski definition) is 7. The van der Waals surface area contributed by atoms with Crippen LogP contribution in [-0.2, 0) is 0 Å². The van der Waals surface area contributed by atoms with Crippen molar-refractivity contribution in [3.63, 3.8) is 0 Å². The van der Waals surface area contributed by atoms with Crippen molar-refractivity contribution in [2.45, 2.75) is 6.92 Å². The molecule has 3 aromatic heterocycles. The molecular weight excluding hydrogens is 432 g/mol. The molecule has 0 saturated carbocycles. The predicted molar refractivity (Wildman–Crippen MR) is 122 cm³/mol. The number of para-hydroxylation sites is 1. The maximum Gasteiger partial charge on any atom is 0.267 e. The van der Waals surface area contributed by atoms with Gasteiger partial charge in [0, 0.05) is 17.5 Å². The third-order valence-electron chi connectivity index (χ3n) is 5.04. The predicted octanol–water partition coefficient (Wildman–Crippen LogP) is 5.03. The summed E-state index contributed by atoms with van der Waals surface area (Å²) < 4.78 is 14.1. The Morgan fingerprint density at radius 3 is 2.65 bits per heavy atom. The number of thiazole rings is 1. The number of anilines is 1. The van der Waals surface area contributed by atoms with Crippen LogP contribution >= 0.6 is 22.7 Å². The largest absolute Gasteiger partial charge is 0.486 e. The summed E-state index contributed by atoms with van der Waals surface area (Å²) in [6.07, 6.45) is 0. The molecule has 1 aliphatic heterocycles. The van der Waals surface area contributed by atoms with E-state index in [1.807, 2.05) is 60.1 Å². The number of fused-ring (bicyclic) bond motifs is 3. The summed E-state index contributed by atoms with van der Waals surface area (Å²) in [4.78, 5) is 19.1. The summed E-state index contributed by atoms with van der Waals surface area (Å²) in [5, 5.41) is 9.09. The summed E-state index contributed by atoms with van der Waals surface area (Å²) in [5.41, 5.74) is 2.63. The fraction of sp³-hybridized carbons (Fsp3) is 0.136. The van der Waals surface area contributed by atoms with Crippen LogP contribution in [0.25, 0.3) is 26.1 Å². The standard InChI is InChI=1S/C22H16N4O3S2/c1-12-14-9-19(30-21(14)26(25-12)13-5-3-2-4-6-13)20(27)24-22-23-15-10-16-17(11-18(15)31-22)29-8-7-28-16/h2-6,9-11H,7-8H2,1H3,(H,23,24,27). The van der Waals surface area contributed by atoms with Crippen LogP contribution in [0.5, 0.6) is 11.5 Å². The maximum atomic E-state index is 13.0. The number of carbonyl (C=O) groups is 1. The van der Waals surface area contributed by atoms with Crippen LogP contribution in [0.4, 0.5) is 5.13 Å². The topological polar surface area (TPSA) is 78.3 Å². The Labute approximate surface area is 184 Å². The smallest absolute Gasteiger partial charge is 0.267 e. The minimum Gasteiger partial charge on any atom is -0.486 e. The lowest BCUT2D eigenvalue weighted by molar-refractivity contribution is 0.103. The second kappa shape index (κ2) is 7.07. The lowest BCUT2D eigenvalue weighted by Crippen LogP contribution is -2.15. The summed E-state index contributed by atoms with van der Waals surface area (Å²) in [6, 6.07) is 15.6. The molecule has 0 unspecified atom stereocenters. The van der Waals surface area contributed by atoms with Crippen molar-refractivity contribution in [2.24, 2.45) is 0 Å². The number of carbonyl (C=O) groups excluding carboxylic acids is 1. The summed E-state index contributed by atoms with van der Waals surface area (Å²) in [6.45, 7) is 3.01. The van der Waals surface area contributed by atoms with Gasteiger partial charge in [-0.15, -0.1) is 11.3 Å². The van der Waals surface area contributed by atoms with Crippen LogP contribution in [0.1, 0.15) is 15.4 Å².